The number of allylic oxidation sites excluding steroid dienone is 2. The molecule has 2 nitrogen and oxygen atoms in total. The molecule has 0 aromatic rings. The highest BCUT2D eigenvalue weighted by Gasteiger charge is 2.12. The first-order valence-electron chi connectivity index (χ1n) is 5.15. The second-order valence-electron chi connectivity index (χ2n) is 3.38. The molecular weight excluding hydrogens is 176 g/mol. The Morgan fingerprint density at radius 2 is 1.79 bits per heavy atom. The fraction of sp³-hybridized carbons (Fsp3) is 0.583. The highest BCUT2D eigenvalue weighted by molar-refractivity contribution is 5.82. The zero-order valence-electron chi connectivity index (χ0n) is 8.74. The number of ketones is 1. The number of hydrogen-bond donors (Lipinski definition) is 1. The lowest BCUT2D eigenvalue weighted by Crippen LogP contribution is -2.19. The van der Waals surface area contributed by atoms with Crippen molar-refractivity contribution in [1.82, 2.24) is 0 Å². The monoisotopic (exact) mass is 196 g/mol. The molecule has 0 saturated heterocycles. The van der Waals surface area contributed by atoms with Crippen molar-refractivity contribution in [1.29, 1.82) is 0 Å². The maximum absolute atomic E-state index is 11.3. The van der Waals surface area contributed by atoms with Gasteiger partial charge in [0.2, 0.25) is 0 Å². The summed E-state index contributed by atoms with van der Waals surface area (Å²) in [6.45, 7) is 7.16. The molecule has 0 aromatic heterocycles. The van der Waals surface area contributed by atoms with Gasteiger partial charge in [-0.1, -0.05) is 12.2 Å². The van der Waals surface area contributed by atoms with Gasteiger partial charge in [0.25, 0.3) is 0 Å². The van der Waals surface area contributed by atoms with Crippen LogP contribution < -0.4 is 0 Å². The van der Waals surface area contributed by atoms with E-state index in [0.29, 0.717) is 12.8 Å². The third-order valence-corrected chi connectivity index (χ3v) is 2.09. The molecule has 14 heavy (non-hydrogen) atoms. The van der Waals surface area contributed by atoms with Crippen LogP contribution in [0.2, 0.25) is 0 Å². The highest BCUT2D eigenvalue weighted by atomic mass is 16.3. The second-order valence-corrected chi connectivity index (χ2v) is 3.38. The third kappa shape index (κ3) is 6.61. The molecule has 0 aliphatic rings. The number of hydrogen-bond acceptors (Lipinski definition) is 2. The van der Waals surface area contributed by atoms with E-state index in [0.717, 1.165) is 25.7 Å². The predicted molar refractivity (Wildman–Crippen MR) is 59.1 cm³/mol. The van der Waals surface area contributed by atoms with Gasteiger partial charge >= 0.3 is 0 Å². The molecule has 0 bridgehead atoms. The Labute approximate surface area is 86.3 Å². The van der Waals surface area contributed by atoms with E-state index in [-0.39, 0.29) is 5.78 Å². The first kappa shape index (κ1) is 13.1. The Morgan fingerprint density at radius 3 is 2.36 bits per heavy atom. The van der Waals surface area contributed by atoms with Gasteiger partial charge in [-0.2, -0.15) is 0 Å². The number of aliphatic hydroxyl groups is 1. The van der Waals surface area contributed by atoms with Crippen LogP contribution in [-0.2, 0) is 4.79 Å². The van der Waals surface area contributed by atoms with Crippen LogP contribution in [0.5, 0.6) is 0 Å². The molecule has 0 saturated carbocycles. The summed E-state index contributed by atoms with van der Waals surface area (Å²) in [5.41, 5.74) is 0. The maximum atomic E-state index is 11.3. The van der Waals surface area contributed by atoms with E-state index in [1.807, 2.05) is 0 Å². The minimum Gasteiger partial charge on any atom is -0.385 e. The molecule has 0 aliphatic carbocycles. The summed E-state index contributed by atoms with van der Waals surface area (Å²) >= 11 is 0. The molecule has 1 N–H and O–H groups in total. The van der Waals surface area contributed by atoms with E-state index in [1.165, 1.54) is 0 Å². The fourth-order valence-electron chi connectivity index (χ4n) is 1.20. The van der Waals surface area contributed by atoms with E-state index in [4.69, 9.17) is 0 Å². The number of carbonyl (C=O) groups is 1. The van der Waals surface area contributed by atoms with Gasteiger partial charge < -0.3 is 5.11 Å². The SMILES string of the molecule is C=CCCCC(=O)C(O)CCCC=C. The minimum absolute atomic E-state index is 0.0455. The van der Waals surface area contributed by atoms with Crippen LogP contribution in [0.15, 0.2) is 25.3 Å². The van der Waals surface area contributed by atoms with Gasteiger partial charge in [-0.3, -0.25) is 4.79 Å². The molecule has 1 atom stereocenters. The molecule has 0 rings (SSSR count). The molecule has 0 aromatic carbocycles. The maximum Gasteiger partial charge on any atom is 0.161 e. The quantitative estimate of drug-likeness (QED) is 0.454. The molecule has 0 radical (unpaired) electrons. The third-order valence-electron chi connectivity index (χ3n) is 2.09. The average Bonchev–Trinajstić information content (AvgIpc) is 2.18. The van der Waals surface area contributed by atoms with Crippen LogP contribution in [0.1, 0.15) is 38.5 Å². The summed E-state index contributed by atoms with van der Waals surface area (Å²) in [5.74, 6) is -0.0455. The Kier molecular flexibility index (Phi) is 8.14. The number of aliphatic hydroxyl groups excluding tert-OH is 1. The fourth-order valence-corrected chi connectivity index (χ4v) is 1.20. The Bertz CT molecular complexity index is 185. The van der Waals surface area contributed by atoms with Gasteiger partial charge in [-0.15, -0.1) is 13.2 Å². The van der Waals surface area contributed by atoms with E-state index < -0.39 is 6.10 Å². The lowest BCUT2D eigenvalue weighted by Gasteiger charge is -2.07. The summed E-state index contributed by atoms with van der Waals surface area (Å²) < 4.78 is 0. The summed E-state index contributed by atoms with van der Waals surface area (Å²) in [6.07, 6.45) is 7.15. The molecule has 0 aliphatic heterocycles. The summed E-state index contributed by atoms with van der Waals surface area (Å²) in [6, 6.07) is 0. The second kappa shape index (κ2) is 8.70. The van der Waals surface area contributed by atoms with Crippen molar-refractivity contribution >= 4 is 5.78 Å². The van der Waals surface area contributed by atoms with Crippen LogP contribution in [0, 0.1) is 0 Å². The minimum atomic E-state index is -0.778. The topological polar surface area (TPSA) is 37.3 Å². The summed E-state index contributed by atoms with van der Waals surface area (Å²) in [7, 11) is 0. The van der Waals surface area contributed by atoms with Crippen LogP contribution >= 0.6 is 0 Å². The van der Waals surface area contributed by atoms with E-state index in [9.17, 15) is 9.90 Å². The normalized spacial score (nSPS) is 12.1. The van der Waals surface area contributed by atoms with Crippen molar-refractivity contribution in [2.24, 2.45) is 0 Å². The number of unbranched alkanes of at least 4 members (excludes halogenated alkanes) is 2. The smallest absolute Gasteiger partial charge is 0.161 e. The first-order valence-corrected chi connectivity index (χ1v) is 5.15. The molecule has 0 spiro atoms. The summed E-state index contributed by atoms with van der Waals surface area (Å²) in [4.78, 5) is 11.3. The largest absolute Gasteiger partial charge is 0.385 e. The lowest BCUT2D eigenvalue weighted by atomic mass is 10.0. The predicted octanol–water partition coefficient (Wildman–Crippen LogP) is 2.63. The zero-order valence-corrected chi connectivity index (χ0v) is 8.74. The Hall–Kier alpha value is -0.890. The highest BCUT2D eigenvalue weighted by Crippen LogP contribution is 2.06. The van der Waals surface area contributed by atoms with Crippen molar-refractivity contribution in [2.75, 3.05) is 0 Å². The Morgan fingerprint density at radius 1 is 1.21 bits per heavy atom. The van der Waals surface area contributed by atoms with Crippen LogP contribution in [0.25, 0.3) is 0 Å². The van der Waals surface area contributed by atoms with Gasteiger partial charge in [-0.25, -0.2) is 0 Å². The molecule has 0 fully saturated rings. The lowest BCUT2D eigenvalue weighted by molar-refractivity contribution is -0.127. The number of rotatable bonds is 9. The number of Topliss-reactive ketones (excluding diaryl/α,β-unsaturated/α-hetero) is 1. The number of carbonyl (C=O) groups excluding carboxylic acids is 1. The zero-order chi connectivity index (χ0) is 10.8. The molecule has 1 unspecified atom stereocenters. The molecular formula is C12H20O2. The van der Waals surface area contributed by atoms with Crippen molar-refractivity contribution in [3.05, 3.63) is 25.3 Å². The molecule has 2 heteroatoms. The van der Waals surface area contributed by atoms with E-state index >= 15 is 0 Å². The van der Waals surface area contributed by atoms with Gasteiger partial charge in [0.15, 0.2) is 5.78 Å². The molecule has 0 heterocycles. The summed E-state index contributed by atoms with van der Waals surface area (Å²) in [5, 5.41) is 9.43. The van der Waals surface area contributed by atoms with Crippen molar-refractivity contribution < 1.29 is 9.90 Å². The van der Waals surface area contributed by atoms with Crippen molar-refractivity contribution in [3.8, 4) is 0 Å². The van der Waals surface area contributed by atoms with Gasteiger partial charge in [0.05, 0.1) is 0 Å². The van der Waals surface area contributed by atoms with Gasteiger partial charge in [0.1, 0.15) is 6.10 Å². The van der Waals surface area contributed by atoms with Crippen LogP contribution in [0.3, 0.4) is 0 Å². The molecule has 80 valence electrons. The first-order chi connectivity index (χ1) is 6.72. The van der Waals surface area contributed by atoms with E-state index in [2.05, 4.69) is 13.2 Å². The van der Waals surface area contributed by atoms with Crippen LogP contribution in [0.4, 0.5) is 0 Å². The average molecular weight is 196 g/mol. The van der Waals surface area contributed by atoms with Crippen molar-refractivity contribution in [2.45, 2.75) is 44.6 Å². The van der Waals surface area contributed by atoms with Gasteiger partial charge in [0, 0.05) is 6.42 Å². The van der Waals surface area contributed by atoms with Gasteiger partial charge in [-0.05, 0) is 32.1 Å². The van der Waals surface area contributed by atoms with Crippen LogP contribution in [-0.4, -0.2) is 17.0 Å². The van der Waals surface area contributed by atoms with E-state index in [1.54, 1.807) is 12.2 Å². The molecule has 0 amide bonds. The van der Waals surface area contributed by atoms with Crippen molar-refractivity contribution in [3.63, 3.8) is 0 Å². The Balaban J connectivity index is 3.53. The standard InChI is InChI=1S/C12H20O2/c1-3-5-7-9-11(13)12(14)10-8-6-4-2/h3-4,11,13H,1-2,5-10H2.